The fraction of sp³-hybridized carbons (Fsp3) is 0.133. The zero-order chi connectivity index (χ0) is 15.4. The molecule has 0 fully saturated rings. The van der Waals surface area contributed by atoms with Crippen molar-refractivity contribution < 1.29 is 13.5 Å². The maximum atomic E-state index is 13.6. The summed E-state index contributed by atoms with van der Waals surface area (Å²) in [7, 11) is 1.40. The van der Waals surface area contributed by atoms with Gasteiger partial charge in [0.25, 0.3) is 0 Å². The molecule has 0 unspecified atom stereocenters. The van der Waals surface area contributed by atoms with Gasteiger partial charge in [-0.1, -0.05) is 0 Å². The average molecular weight is 308 g/mol. The summed E-state index contributed by atoms with van der Waals surface area (Å²) in [6.45, 7) is 1.76. The van der Waals surface area contributed by atoms with Crippen LogP contribution in [-0.4, -0.2) is 12.2 Å². The van der Waals surface area contributed by atoms with Crippen molar-refractivity contribution in [2.75, 3.05) is 17.7 Å². The second-order valence-corrected chi connectivity index (χ2v) is 4.80. The molecule has 0 bridgehead atoms. The van der Waals surface area contributed by atoms with Gasteiger partial charge in [0.15, 0.2) is 16.7 Å². The lowest BCUT2D eigenvalue weighted by molar-refractivity contribution is 0.387. The van der Waals surface area contributed by atoms with Gasteiger partial charge in [-0.15, -0.1) is 0 Å². The van der Waals surface area contributed by atoms with E-state index in [4.69, 9.17) is 17.0 Å². The summed E-state index contributed by atoms with van der Waals surface area (Å²) in [5, 5.41) is 6.08. The lowest BCUT2D eigenvalue weighted by Crippen LogP contribution is -2.19. The number of hydrogen-bond acceptors (Lipinski definition) is 2. The lowest BCUT2D eigenvalue weighted by atomic mass is 10.2. The maximum absolute atomic E-state index is 13.6. The number of methoxy groups -OCH3 is 1. The molecule has 0 saturated carbocycles. The Morgan fingerprint density at radius 1 is 1.10 bits per heavy atom. The number of halogens is 2. The van der Waals surface area contributed by atoms with E-state index < -0.39 is 5.82 Å². The number of thiocarbonyl (C=S) groups is 1. The van der Waals surface area contributed by atoms with E-state index in [1.807, 2.05) is 0 Å². The van der Waals surface area contributed by atoms with Gasteiger partial charge in [-0.2, -0.15) is 0 Å². The van der Waals surface area contributed by atoms with Gasteiger partial charge >= 0.3 is 0 Å². The molecule has 0 spiro atoms. The summed E-state index contributed by atoms with van der Waals surface area (Å²) in [6, 6.07) is 8.76. The van der Waals surface area contributed by atoms with Gasteiger partial charge in [0.2, 0.25) is 0 Å². The van der Waals surface area contributed by atoms with Crippen molar-refractivity contribution in [2.45, 2.75) is 6.92 Å². The summed E-state index contributed by atoms with van der Waals surface area (Å²) < 4.78 is 31.4. The highest BCUT2D eigenvalue weighted by molar-refractivity contribution is 7.80. The SMILES string of the molecule is COc1ccc(NC(=S)Nc2ccc(F)cc2C)cc1F. The van der Waals surface area contributed by atoms with Crippen LogP contribution in [0.5, 0.6) is 5.75 Å². The number of ether oxygens (including phenoxy) is 1. The number of anilines is 2. The van der Waals surface area contributed by atoms with E-state index in [9.17, 15) is 8.78 Å². The van der Waals surface area contributed by atoms with E-state index in [0.717, 1.165) is 5.56 Å². The van der Waals surface area contributed by atoms with Crippen LogP contribution in [0.25, 0.3) is 0 Å². The Balaban J connectivity index is 2.06. The summed E-state index contributed by atoms with van der Waals surface area (Å²) in [4.78, 5) is 0. The van der Waals surface area contributed by atoms with Gasteiger partial charge < -0.3 is 15.4 Å². The van der Waals surface area contributed by atoms with Gasteiger partial charge in [0, 0.05) is 17.4 Å². The minimum Gasteiger partial charge on any atom is -0.494 e. The molecule has 0 atom stereocenters. The third kappa shape index (κ3) is 3.88. The molecular weight excluding hydrogens is 294 g/mol. The molecule has 2 rings (SSSR count). The van der Waals surface area contributed by atoms with Crippen LogP contribution in [0.2, 0.25) is 0 Å². The van der Waals surface area contributed by atoms with Crippen molar-refractivity contribution in [3.05, 3.63) is 53.6 Å². The first-order valence-electron chi connectivity index (χ1n) is 6.17. The van der Waals surface area contributed by atoms with Crippen LogP contribution in [-0.2, 0) is 0 Å². The number of benzene rings is 2. The summed E-state index contributed by atoms with van der Waals surface area (Å²) >= 11 is 5.15. The molecule has 3 nitrogen and oxygen atoms in total. The Morgan fingerprint density at radius 2 is 1.86 bits per heavy atom. The van der Waals surface area contributed by atoms with Gasteiger partial charge in [-0.3, -0.25) is 0 Å². The summed E-state index contributed by atoms with van der Waals surface area (Å²) in [5.41, 5.74) is 1.90. The average Bonchev–Trinajstić information content (AvgIpc) is 2.42. The van der Waals surface area contributed by atoms with Gasteiger partial charge in [0.1, 0.15) is 5.82 Å². The number of rotatable bonds is 3. The van der Waals surface area contributed by atoms with Crippen molar-refractivity contribution in [1.29, 1.82) is 0 Å². The van der Waals surface area contributed by atoms with Crippen molar-refractivity contribution in [2.24, 2.45) is 0 Å². The predicted octanol–water partition coefficient (Wildman–Crippen LogP) is 4.09. The Labute approximate surface area is 126 Å². The molecule has 0 aliphatic carbocycles. The molecule has 0 saturated heterocycles. The van der Waals surface area contributed by atoms with Crippen LogP contribution in [0.4, 0.5) is 20.2 Å². The van der Waals surface area contributed by atoms with Crippen molar-refractivity contribution in [1.82, 2.24) is 0 Å². The highest BCUT2D eigenvalue weighted by Gasteiger charge is 2.06. The van der Waals surface area contributed by atoms with Gasteiger partial charge in [-0.25, -0.2) is 8.78 Å². The quantitative estimate of drug-likeness (QED) is 0.837. The smallest absolute Gasteiger partial charge is 0.175 e. The molecule has 6 heteroatoms. The first-order valence-corrected chi connectivity index (χ1v) is 6.58. The van der Waals surface area contributed by atoms with E-state index in [1.54, 1.807) is 19.1 Å². The summed E-state index contributed by atoms with van der Waals surface area (Å²) in [6.07, 6.45) is 0. The van der Waals surface area contributed by atoms with Crippen LogP contribution in [0.1, 0.15) is 5.56 Å². The fourth-order valence-corrected chi connectivity index (χ4v) is 2.02. The predicted molar refractivity (Wildman–Crippen MR) is 83.9 cm³/mol. The molecule has 0 aliphatic rings. The van der Waals surface area contributed by atoms with Gasteiger partial charge in [-0.05, 0) is 55.0 Å². The molecule has 21 heavy (non-hydrogen) atoms. The highest BCUT2D eigenvalue weighted by atomic mass is 32.1. The summed E-state index contributed by atoms with van der Waals surface area (Å²) in [5.74, 6) is -0.633. The third-order valence-corrected chi connectivity index (χ3v) is 3.05. The molecule has 2 N–H and O–H groups in total. The second-order valence-electron chi connectivity index (χ2n) is 4.39. The topological polar surface area (TPSA) is 33.3 Å². The first-order chi connectivity index (χ1) is 9.99. The van der Waals surface area contributed by atoms with Crippen LogP contribution in [0, 0.1) is 18.6 Å². The van der Waals surface area contributed by atoms with Crippen LogP contribution < -0.4 is 15.4 Å². The molecule has 0 aromatic heterocycles. The molecule has 110 valence electrons. The van der Waals surface area contributed by atoms with Crippen LogP contribution in [0.3, 0.4) is 0 Å². The number of aryl methyl sites for hydroxylation is 1. The molecule has 0 heterocycles. The maximum Gasteiger partial charge on any atom is 0.175 e. The standard InChI is InChI=1S/C15H14F2N2OS/c1-9-7-10(16)3-5-13(9)19-15(21)18-11-4-6-14(20-2)12(17)8-11/h3-8H,1-2H3,(H2,18,19,21). The van der Waals surface area contributed by atoms with Crippen molar-refractivity contribution in [3.8, 4) is 5.75 Å². The van der Waals surface area contributed by atoms with Crippen LogP contribution >= 0.6 is 12.2 Å². The largest absolute Gasteiger partial charge is 0.494 e. The van der Waals surface area contributed by atoms with Crippen molar-refractivity contribution in [3.63, 3.8) is 0 Å². The zero-order valence-corrected chi connectivity index (χ0v) is 12.4. The second kappa shape index (κ2) is 6.49. The van der Waals surface area contributed by atoms with E-state index in [-0.39, 0.29) is 16.7 Å². The van der Waals surface area contributed by atoms with Gasteiger partial charge in [0.05, 0.1) is 7.11 Å². The van der Waals surface area contributed by atoms with Crippen LogP contribution in [0.15, 0.2) is 36.4 Å². The van der Waals surface area contributed by atoms with E-state index in [2.05, 4.69) is 10.6 Å². The first kappa shape index (κ1) is 15.2. The third-order valence-electron chi connectivity index (χ3n) is 2.85. The van der Waals surface area contributed by atoms with E-state index in [1.165, 1.54) is 31.4 Å². The molecule has 0 aliphatic heterocycles. The molecule has 0 amide bonds. The molecule has 0 radical (unpaired) electrons. The van der Waals surface area contributed by atoms with E-state index >= 15 is 0 Å². The number of nitrogens with one attached hydrogen (secondary N) is 2. The minimum absolute atomic E-state index is 0.161. The number of hydrogen-bond donors (Lipinski definition) is 2. The lowest BCUT2D eigenvalue weighted by Gasteiger charge is -2.13. The Kier molecular flexibility index (Phi) is 4.70. The van der Waals surface area contributed by atoms with E-state index in [0.29, 0.717) is 11.4 Å². The highest BCUT2D eigenvalue weighted by Crippen LogP contribution is 2.21. The van der Waals surface area contributed by atoms with Crippen molar-refractivity contribution >= 4 is 28.7 Å². The monoisotopic (exact) mass is 308 g/mol. The Bertz CT molecular complexity index is 677. The normalized spacial score (nSPS) is 10.1. The molecule has 2 aromatic rings. The fourth-order valence-electron chi connectivity index (χ4n) is 1.80. The zero-order valence-electron chi connectivity index (χ0n) is 11.5. The minimum atomic E-state index is -0.483. The molecular formula is C15H14F2N2OS. The molecule has 2 aromatic carbocycles. The Morgan fingerprint density at radius 3 is 2.48 bits per heavy atom. The Hall–Kier alpha value is -2.21.